The van der Waals surface area contributed by atoms with E-state index in [-0.39, 0.29) is 25.1 Å². The van der Waals surface area contributed by atoms with Crippen molar-refractivity contribution >= 4 is 17.5 Å². The average Bonchev–Trinajstić information content (AvgIpc) is 2.54. The summed E-state index contributed by atoms with van der Waals surface area (Å²) in [6, 6.07) is 0. The molecule has 1 amide bonds. The fourth-order valence-electron chi connectivity index (χ4n) is 1.48. The van der Waals surface area contributed by atoms with E-state index >= 15 is 0 Å². The van der Waals surface area contributed by atoms with Gasteiger partial charge in [0.05, 0.1) is 66.1 Å². The molecule has 9 heteroatoms. The zero-order valence-corrected chi connectivity index (χ0v) is 13.4. The van der Waals surface area contributed by atoms with E-state index in [2.05, 4.69) is 0 Å². The van der Waals surface area contributed by atoms with Crippen molar-refractivity contribution in [3.8, 4) is 0 Å². The molecule has 8 nitrogen and oxygen atoms in total. The van der Waals surface area contributed by atoms with Crippen molar-refractivity contribution in [1.29, 1.82) is 0 Å². The number of hydrogen-bond acceptors (Lipinski definition) is 7. The predicted octanol–water partition coefficient (Wildman–Crippen LogP) is 0.0395. The molecule has 0 atom stereocenters. The average molecular weight is 342 g/mol. The molecule has 1 saturated heterocycles. The van der Waals surface area contributed by atoms with Crippen LogP contribution < -0.4 is 0 Å². The van der Waals surface area contributed by atoms with Gasteiger partial charge in [0.25, 0.3) is 5.91 Å². The second-order valence-corrected chi connectivity index (χ2v) is 4.49. The lowest BCUT2D eigenvalue weighted by Gasteiger charge is -2.21. The van der Waals surface area contributed by atoms with Crippen LogP contribution in [-0.2, 0) is 33.3 Å². The number of halogens is 1. The zero-order valence-electron chi connectivity index (χ0n) is 12.7. The van der Waals surface area contributed by atoms with E-state index in [1.807, 2.05) is 0 Å². The number of carbonyl (C=O) groups is 1. The third-order valence-electron chi connectivity index (χ3n) is 2.56. The first kappa shape index (κ1) is 19.6. The van der Waals surface area contributed by atoms with E-state index in [0.717, 1.165) is 5.06 Å². The quantitative estimate of drug-likeness (QED) is 0.623. The van der Waals surface area contributed by atoms with Gasteiger partial charge in [-0.2, -0.15) is 5.06 Å². The minimum atomic E-state index is -0.367. The van der Waals surface area contributed by atoms with Crippen LogP contribution in [0.4, 0.5) is 0 Å². The van der Waals surface area contributed by atoms with Crippen LogP contribution in [0.3, 0.4) is 0 Å². The number of hydrogen-bond donors (Lipinski definition) is 0. The minimum Gasteiger partial charge on any atom is -0.377 e. The van der Waals surface area contributed by atoms with Crippen LogP contribution in [-0.4, -0.2) is 89.7 Å². The molecule has 130 valence electrons. The minimum absolute atomic E-state index is 0.00543. The number of carbonyl (C=O) groups excluding carboxylic acids is 1. The molecule has 0 aliphatic carbocycles. The first-order valence-corrected chi connectivity index (χ1v) is 7.76. The maximum atomic E-state index is 11.6. The largest absolute Gasteiger partial charge is 0.377 e. The summed E-state index contributed by atoms with van der Waals surface area (Å²) >= 11 is 5.52. The third-order valence-corrected chi connectivity index (χ3v) is 2.79. The molecule has 1 aliphatic rings. The van der Waals surface area contributed by atoms with Gasteiger partial charge in [0.15, 0.2) is 0 Å². The standard InChI is InChI=1S/C13H24ClNO7/c14-11-13(16)15-12-21-8-7-19-4-3-17-1-2-18-5-6-20-9-10-22-15/h1-12H2. The molecule has 0 aromatic heterocycles. The van der Waals surface area contributed by atoms with Crippen molar-refractivity contribution in [3.05, 3.63) is 0 Å². The number of rotatable bonds is 1. The van der Waals surface area contributed by atoms with Crippen LogP contribution in [0.15, 0.2) is 0 Å². The number of hydroxylamine groups is 2. The Balaban J connectivity index is 2.28. The van der Waals surface area contributed by atoms with Gasteiger partial charge in [-0.3, -0.25) is 9.63 Å². The number of amides is 1. The maximum Gasteiger partial charge on any atom is 0.263 e. The topological polar surface area (TPSA) is 75.7 Å². The van der Waals surface area contributed by atoms with Gasteiger partial charge in [0.2, 0.25) is 0 Å². The SMILES string of the molecule is O=C(CCl)N1COCCOCCOCCOCCOCCO1. The van der Waals surface area contributed by atoms with Gasteiger partial charge in [-0.25, -0.2) is 0 Å². The molecule has 0 saturated carbocycles. The van der Waals surface area contributed by atoms with Gasteiger partial charge in [-0.1, -0.05) is 0 Å². The number of ether oxygens (including phenoxy) is 5. The van der Waals surface area contributed by atoms with Gasteiger partial charge < -0.3 is 23.7 Å². The van der Waals surface area contributed by atoms with Crippen LogP contribution in [0.25, 0.3) is 0 Å². The molecular formula is C13H24ClNO7. The van der Waals surface area contributed by atoms with Crippen molar-refractivity contribution in [3.63, 3.8) is 0 Å². The highest BCUT2D eigenvalue weighted by Crippen LogP contribution is 1.96. The van der Waals surface area contributed by atoms with Gasteiger partial charge in [-0.05, 0) is 0 Å². The fourth-order valence-corrected chi connectivity index (χ4v) is 1.61. The molecule has 1 rings (SSSR count). The normalized spacial score (nSPS) is 21.8. The molecule has 0 aromatic carbocycles. The molecule has 1 fully saturated rings. The number of nitrogens with zero attached hydrogens (tertiary/aromatic N) is 1. The van der Waals surface area contributed by atoms with Gasteiger partial charge in [0, 0.05) is 0 Å². The van der Waals surface area contributed by atoms with Gasteiger partial charge in [-0.15, -0.1) is 11.6 Å². The molecule has 0 bridgehead atoms. The summed E-state index contributed by atoms with van der Waals surface area (Å²) in [5.41, 5.74) is 0. The van der Waals surface area contributed by atoms with E-state index in [1.54, 1.807) is 0 Å². The Morgan fingerprint density at radius 3 is 1.59 bits per heavy atom. The molecule has 0 aromatic rings. The summed E-state index contributed by atoms with van der Waals surface area (Å²) in [6.45, 7) is 4.27. The Hall–Kier alpha value is -0.480. The Kier molecular flexibility index (Phi) is 12.6. The van der Waals surface area contributed by atoms with E-state index in [1.165, 1.54) is 0 Å². The van der Waals surface area contributed by atoms with Crippen LogP contribution >= 0.6 is 11.6 Å². The highest BCUT2D eigenvalue weighted by Gasteiger charge is 2.13. The monoisotopic (exact) mass is 341 g/mol. The summed E-state index contributed by atoms with van der Waals surface area (Å²) in [5.74, 6) is -0.542. The van der Waals surface area contributed by atoms with Gasteiger partial charge in [0.1, 0.15) is 12.6 Å². The van der Waals surface area contributed by atoms with E-state index < -0.39 is 0 Å². The summed E-state index contributed by atoms with van der Waals surface area (Å²) < 4.78 is 26.6. The number of alkyl halides is 1. The molecule has 0 unspecified atom stereocenters. The molecule has 0 spiro atoms. The Bertz CT molecular complexity index is 265. The second-order valence-electron chi connectivity index (χ2n) is 4.23. The van der Waals surface area contributed by atoms with E-state index in [0.29, 0.717) is 59.5 Å². The predicted molar refractivity (Wildman–Crippen MR) is 77.6 cm³/mol. The molecule has 1 aliphatic heterocycles. The lowest BCUT2D eigenvalue weighted by molar-refractivity contribution is -0.216. The Labute approximate surface area is 135 Å². The second kappa shape index (κ2) is 14.1. The van der Waals surface area contributed by atoms with Crippen molar-refractivity contribution < 1.29 is 33.3 Å². The van der Waals surface area contributed by atoms with Crippen LogP contribution in [0.2, 0.25) is 0 Å². The van der Waals surface area contributed by atoms with Crippen molar-refractivity contribution in [2.45, 2.75) is 0 Å². The first-order chi connectivity index (χ1) is 10.8. The summed E-state index contributed by atoms with van der Waals surface area (Å²) in [4.78, 5) is 16.9. The highest BCUT2D eigenvalue weighted by atomic mass is 35.5. The van der Waals surface area contributed by atoms with E-state index in [9.17, 15) is 4.79 Å². The van der Waals surface area contributed by atoms with Crippen LogP contribution in [0.5, 0.6) is 0 Å². The van der Waals surface area contributed by atoms with Crippen molar-refractivity contribution in [1.82, 2.24) is 5.06 Å². The molecular weight excluding hydrogens is 318 g/mol. The molecule has 0 N–H and O–H groups in total. The lowest BCUT2D eigenvalue weighted by atomic mass is 10.6. The smallest absolute Gasteiger partial charge is 0.263 e. The first-order valence-electron chi connectivity index (χ1n) is 7.22. The van der Waals surface area contributed by atoms with Crippen LogP contribution in [0.1, 0.15) is 0 Å². The Morgan fingerprint density at radius 1 is 0.727 bits per heavy atom. The Morgan fingerprint density at radius 2 is 1.14 bits per heavy atom. The highest BCUT2D eigenvalue weighted by molar-refractivity contribution is 6.27. The summed E-state index contributed by atoms with van der Waals surface area (Å²) in [5, 5.41) is 1.08. The summed E-state index contributed by atoms with van der Waals surface area (Å²) in [6.07, 6.45) is 0. The van der Waals surface area contributed by atoms with Crippen molar-refractivity contribution in [2.24, 2.45) is 0 Å². The lowest BCUT2D eigenvalue weighted by Crippen LogP contribution is -2.35. The van der Waals surface area contributed by atoms with Crippen LogP contribution in [0, 0.1) is 0 Å². The molecule has 22 heavy (non-hydrogen) atoms. The maximum absolute atomic E-state index is 11.6. The van der Waals surface area contributed by atoms with E-state index in [4.69, 9.17) is 40.1 Å². The fraction of sp³-hybridized carbons (Fsp3) is 0.923. The third kappa shape index (κ3) is 10.3. The zero-order chi connectivity index (χ0) is 15.9. The molecule has 0 radical (unpaired) electrons. The van der Waals surface area contributed by atoms with Gasteiger partial charge >= 0.3 is 0 Å². The summed E-state index contributed by atoms with van der Waals surface area (Å²) in [7, 11) is 0. The molecule has 1 heterocycles. The van der Waals surface area contributed by atoms with Crippen molar-refractivity contribution in [2.75, 3.05) is 78.7 Å².